The van der Waals surface area contributed by atoms with Crippen LogP contribution < -0.4 is 0 Å². The quantitative estimate of drug-likeness (QED) is 0.839. The Balaban J connectivity index is 1.99. The second-order valence-electron chi connectivity index (χ2n) is 5.62. The van der Waals surface area contributed by atoms with Crippen molar-refractivity contribution in [2.24, 2.45) is 11.8 Å². The minimum absolute atomic E-state index is 0.000139. The molecule has 2 saturated heterocycles. The number of aliphatic hydroxyl groups excluding tert-OH is 1. The van der Waals surface area contributed by atoms with Crippen LogP contribution in [0.25, 0.3) is 0 Å². The predicted octanol–water partition coefficient (Wildman–Crippen LogP) is 1.87. The van der Waals surface area contributed by atoms with Gasteiger partial charge in [0, 0.05) is 18.3 Å². The van der Waals surface area contributed by atoms with Crippen LogP contribution in [0.4, 0.5) is 0 Å². The predicted molar refractivity (Wildman–Crippen MR) is 69.2 cm³/mol. The second kappa shape index (κ2) is 5.29. The molecule has 3 atom stereocenters. The number of aliphatic hydroxyl groups is 1. The first-order valence-electron chi connectivity index (χ1n) is 6.48. The normalized spacial score (nSPS) is 35.4. The highest BCUT2D eigenvalue weighted by atomic mass is 32.2. The molecule has 2 heterocycles. The summed E-state index contributed by atoms with van der Waals surface area (Å²) in [5.74, 6) is 2.18. The standard InChI is InChI=1S/C13H22O3S/c1-9(2)11(14)12(15)10-3-5-16-13(7-10)4-6-17-8-13/h9-11,14H,3-8H2,1-2H3. The van der Waals surface area contributed by atoms with Crippen molar-refractivity contribution in [3.63, 3.8) is 0 Å². The summed E-state index contributed by atoms with van der Waals surface area (Å²) in [6.07, 6.45) is 1.83. The zero-order valence-electron chi connectivity index (χ0n) is 10.6. The Kier molecular flexibility index (Phi) is 4.16. The van der Waals surface area contributed by atoms with Crippen molar-refractivity contribution in [1.82, 2.24) is 0 Å². The lowest BCUT2D eigenvalue weighted by atomic mass is 9.80. The van der Waals surface area contributed by atoms with Crippen molar-refractivity contribution in [1.29, 1.82) is 0 Å². The third kappa shape index (κ3) is 2.85. The maximum Gasteiger partial charge on any atom is 0.164 e. The molecule has 0 aliphatic carbocycles. The molecule has 98 valence electrons. The van der Waals surface area contributed by atoms with Crippen LogP contribution in [0, 0.1) is 11.8 Å². The molecule has 0 aromatic heterocycles. The van der Waals surface area contributed by atoms with Gasteiger partial charge in [0.2, 0.25) is 0 Å². The summed E-state index contributed by atoms with van der Waals surface area (Å²) in [5, 5.41) is 9.88. The smallest absolute Gasteiger partial charge is 0.164 e. The molecular weight excluding hydrogens is 236 g/mol. The van der Waals surface area contributed by atoms with Crippen LogP contribution in [0.2, 0.25) is 0 Å². The molecule has 3 nitrogen and oxygen atoms in total. The minimum Gasteiger partial charge on any atom is -0.385 e. The Hall–Kier alpha value is -0.0600. The van der Waals surface area contributed by atoms with E-state index in [1.54, 1.807) is 0 Å². The van der Waals surface area contributed by atoms with Crippen LogP contribution in [-0.2, 0) is 9.53 Å². The molecule has 1 N–H and O–H groups in total. The molecule has 0 saturated carbocycles. The van der Waals surface area contributed by atoms with E-state index in [1.165, 1.54) is 0 Å². The average Bonchev–Trinajstić information content (AvgIpc) is 2.75. The molecule has 0 amide bonds. The van der Waals surface area contributed by atoms with Gasteiger partial charge in [-0.3, -0.25) is 4.79 Å². The molecule has 0 radical (unpaired) electrons. The van der Waals surface area contributed by atoms with E-state index in [9.17, 15) is 9.90 Å². The molecule has 2 aliphatic rings. The summed E-state index contributed by atoms with van der Waals surface area (Å²) in [7, 11) is 0. The second-order valence-corrected chi connectivity index (χ2v) is 6.72. The SMILES string of the molecule is CC(C)C(O)C(=O)C1CCOC2(CCSC2)C1. The Morgan fingerprint density at radius 2 is 2.29 bits per heavy atom. The molecule has 0 aromatic carbocycles. The lowest BCUT2D eigenvalue weighted by molar-refractivity contribution is -0.143. The third-order valence-corrected chi connectivity index (χ3v) is 5.11. The van der Waals surface area contributed by atoms with Gasteiger partial charge in [0.05, 0.1) is 5.60 Å². The maximum absolute atomic E-state index is 12.2. The van der Waals surface area contributed by atoms with Crippen molar-refractivity contribution in [3.8, 4) is 0 Å². The average molecular weight is 258 g/mol. The van der Waals surface area contributed by atoms with Gasteiger partial charge >= 0.3 is 0 Å². The molecule has 2 aliphatic heterocycles. The Morgan fingerprint density at radius 3 is 2.88 bits per heavy atom. The van der Waals surface area contributed by atoms with Gasteiger partial charge in [0.15, 0.2) is 5.78 Å². The zero-order valence-corrected chi connectivity index (χ0v) is 11.5. The first-order valence-corrected chi connectivity index (χ1v) is 7.63. The molecule has 2 fully saturated rings. The van der Waals surface area contributed by atoms with E-state index in [2.05, 4.69) is 0 Å². The fraction of sp³-hybridized carbons (Fsp3) is 0.923. The van der Waals surface area contributed by atoms with Gasteiger partial charge in [0.1, 0.15) is 6.10 Å². The molecule has 0 aromatic rings. The van der Waals surface area contributed by atoms with Crippen molar-refractivity contribution < 1.29 is 14.6 Å². The minimum atomic E-state index is -0.802. The molecule has 4 heteroatoms. The summed E-state index contributed by atoms with van der Waals surface area (Å²) in [6, 6.07) is 0. The highest BCUT2D eigenvalue weighted by Gasteiger charge is 2.43. The largest absolute Gasteiger partial charge is 0.385 e. The topological polar surface area (TPSA) is 46.5 Å². The zero-order chi connectivity index (χ0) is 12.5. The summed E-state index contributed by atoms with van der Waals surface area (Å²) >= 11 is 1.91. The van der Waals surface area contributed by atoms with E-state index < -0.39 is 6.10 Å². The summed E-state index contributed by atoms with van der Waals surface area (Å²) in [4.78, 5) is 12.2. The van der Waals surface area contributed by atoms with Gasteiger partial charge in [0.25, 0.3) is 0 Å². The van der Waals surface area contributed by atoms with E-state index in [1.807, 2.05) is 25.6 Å². The highest BCUT2D eigenvalue weighted by Crippen LogP contribution is 2.41. The number of hydrogen-bond donors (Lipinski definition) is 1. The van der Waals surface area contributed by atoms with Gasteiger partial charge < -0.3 is 9.84 Å². The molecule has 1 spiro atoms. The number of carbonyl (C=O) groups excluding carboxylic acids is 1. The van der Waals surface area contributed by atoms with Crippen molar-refractivity contribution in [3.05, 3.63) is 0 Å². The Bertz CT molecular complexity index is 284. The van der Waals surface area contributed by atoms with Crippen molar-refractivity contribution >= 4 is 17.5 Å². The fourth-order valence-electron chi connectivity index (χ4n) is 2.70. The first kappa shape index (κ1) is 13.4. The van der Waals surface area contributed by atoms with E-state index in [0.29, 0.717) is 6.61 Å². The highest BCUT2D eigenvalue weighted by molar-refractivity contribution is 7.99. The van der Waals surface area contributed by atoms with E-state index in [-0.39, 0.29) is 23.2 Å². The number of Topliss-reactive ketones (excluding diaryl/α,β-unsaturated/α-hetero) is 1. The molecule has 2 rings (SSSR count). The van der Waals surface area contributed by atoms with Crippen molar-refractivity contribution in [2.45, 2.75) is 44.8 Å². The van der Waals surface area contributed by atoms with Gasteiger partial charge in [-0.15, -0.1) is 0 Å². The number of carbonyl (C=O) groups is 1. The summed E-state index contributed by atoms with van der Waals surface area (Å²) in [5.41, 5.74) is -0.0695. The number of rotatable bonds is 3. The Labute approximate surface area is 107 Å². The number of ether oxygens (including phenoxy) is 1. The number of ketones is 1. The fourth-order valence-corrected chi connectivity index (χ4v) is 4.08. The van der Waals surface area contributed by atoms with E-state index >= 15 is 0 Å². The number of hydrogen-bond acceptors (Lipinski definition) is 4. The van der Waals surface area contributed by atoms with Crippen LogP contribution in [0.5, 0.6) is 0 Å². The number of thioether (sulfide) groups is 1. The van der Waals surface area contributed by atoms with Crippen molar-refractivity contribution in [2.75, 3.05) is 18.1 Å². The summed E-state index contributed by atoms with van der Waals surface area (Å²) < 4.78 is 5.89. The van der Waals surface area contributed by atoms with Gasteiger partial charge in [-0.1, -0.05) is 13.8 Å². The molecular formula is C13H22O3S. The van der Waals surface area contributed by atoms with Crippen LogP contribution in [0.15, 0.2) is 0 Å². The Morgan fingerprint density at radius 1 is 1.53 bits per heavy atom. The van der Waals surface area contributed by atoms with Crippen LogP contribution in [0.3, 0.4) is 0 Å². The van der Waals surface area contributed by atoms with E-state index in [0.717, 1.165) is 30.8 Å². The van der Waals surface area contributed by atoms with Gasteiger partial charge in [-0.2, -0.15) is 11.8 Å². The van der Waals surface area contributed by atoms with E-state index in [4.69, 9.17) is 4.74 Å². The summed E-state index contributed by atoms with van der Waals surface area (Å²) in [6.45, 7) is 4.45. The van der Waals surface area contributed by atoms with Gasteiger partial charge in [-0.05, 0) is 30.9 Å². The van der Waals surface area contributed by atoms with Crippen LogP contribution in [0.1, 0.15) is 33.1 Å². The monoisotopic (exact) mass is 258 g/mol. The lowest BCUT2D eigenvalue weighted by Gasteiger charge is -2.38. The van der Waals surface area contributed by atoms with Crippen LogP contribution >= 0.6 is 11.8 Å². The maximum atomic E-state index is 12.2. The third-order valence-electron chi connectivity index (χ3n) is 3.89. The van der Waals surface area contributed by atoms with Crippen LogP contribution in [-0.4, -0.2) is 40.7 Å². The molecule has 0 bridgehead atoms. The van der Waals surface area contributed by atoms with Gasteiger partial charge in [-0.25, -0.2) is 0 Å². The molecule has 3 unspecified atom stereocenters. The molecule has 17 heavy (non-hydrogen) atoms. The lowest BCUT2D eigenvalue weighted by Crippen LogP contribution is -2.45. The first-order chi connectivity index (χ1) is 8.04.